The minimum Gasteiger partial charge on any atom is -0.314 e. The summed E-state index contributed by atoms with van der Waals surface area (Å²) in [5, 5.41) is 8.11. The molecule has 17 heavy (non-hydrogen) atoms. The summed E-state index contributed by atoms with van der Waals surface area (Å²) < 4.78 is 2.03. The fourth-order valence-electron chi connectivity index (χ4n) is 2.18. The Labute approximate surface area is 106 Å². The molecule has 1 N–H and O–H groups in total. The standard InChI is InChI=1S/C14H27N3/c1-6-11(4)14(15-8-3)10-13-9-12(7-2)16-17(13)5/h9,11,14-15H,6-8,10H2,1-5H3. The van der Waals surface area contributed by atoms with E-state index in [1.165, 1.54) is 17.8 Å². The number of hydrogen-bond acceptors (Lipinski definition) is 2. The summed E-state index contributed by atoms with van der Waals surface area (Å²) in [7, 11) is 2.05. The van der Waals surface area contributed by atoms with Gasteiger partial charge in [-0.25, -0.2) is 0 Å². The van der Waals surface area contributed by atoms with Crippen molar-refractivity contribution in [1.29, 1.82) is 0 Å². The molecule has 0 aliphatic heterocycles. The highest BCUT2D eigenvalue weighted by atomic mass is 15.3. The predicted molar refractivity (Wildman–Crippen MR) is 73.2 cm³/mol. The van der Waals surface area contributed by atoms with Gasteiger partial charge in [0.05, 0.1) is 5.69 Å². The van der Waals surface area contributed by atoms with Crippen LogP contribution in [0.3, 0.4) is 0 Å². The third-order valence-electron chi connectivity index (χ3n) is 3.62. The third-order valence-corrected chi connectivity index (χ3v) is 3.62. The van der Waals surface area contributed by atoms with Crippen LogP contribution in [0.2, 0.25) is 0 Å². The zero-order valence-corrected chi connectivity index (χ0v) is 12.0. The second-order valence-electron chi connectivity index (χ2n) is 4.86. The summed E-state index contributed by atoms with van der Waals surface area (Å²) in [6.45, 7) is 9.95. The van der Waals surface area contributed by atoms with Crippen LogP contribution < -0.4 is 5.32 Å². The smallest absolute Gasteiger partial charge is 0.0624 e. The predicted octanol–water partition coefficient (Wildman–Crippen LogP) is 2.55. The van der Waals surface area contributed by atoms with Gasteiger partial charge in [0, 0.05) is 25.2 Å². The van der Waals surface area contributed by atoms with Gasteiger partial charge in [0.2, 0.25) is 0 Å². The monoisotopic (exact) mass is 237 g/mol. The fraction of sp³-hybridized carbons (Fsp3) is 0.786. The summed E-state index contributed by atoms with van der Waals surface area (Å²) in [6, 6.07) is 2.80. The molecule has 2 unspecified atom stereocenters. The van der Waals surface area contributed by atoms with Crippen molar-refractivity contribution in [2.75, 3.05) is 6.54 Å². The maximum absolute atomic E-state index is 4.52. The molecule has 0 fully saturated rings. The maximum atomic E-state index is 4.52. The number of hydrogen-bond donors (Lipinski definition) is 1. The second-order valence-corrected chi connectivity index (χ2v) is 4.86. The number of nitrogens with one attached hydrogen (secondary N) is 1. The van der Waals surface area contributed by atoms with E-state index in [1.807, 2.05) is 11.7 Å². The van der Waals surface area contributed by atoms with Crippen molar-refractivity contribution in [2.45, 2.75) is 53.0 Å². The summed E-state index contributed by atoms with van der Waals surface area (Å²) in [5.41, 5.74) is 2.54. The van der Waals surface area contributed by atoms with E-state index < -0.39 is 0 Å². The van der Waals surface area contributed by atoms with E-state index in [0.29, 0.717) is 12.0 Å². The number of rotatable bonds is 7. The first-order valence-corrected chi connectivity index (χ1v) is 6.87. The van der Waals surface area contributed by atoms with E-state index in [2.05, 4.69) is 44.2 Å². The summed E-state index contributed by atoms with van der Waals surface area (Å²) >= 11 is 0. The van der Waals surface area contributed by atoms with Crippen molar-refractivity contribution in [3.05, 3.63) is 17.5 Å². The highest BCUT2D eigenvalue weighted by Gasteiger charge is 2.17. The molecule has 0 aromatic carbocycles. The highest BCUT2D eigenvalue weighted by Crippen LogP contribution is 2.14. The van der Waals surface area contributed by atoms with Gasteiger partial charge in [-0.1, -0.05) is 34.1 Å². The topological polar surface area (TPSA) is 29.9 Å². The Morgan fingerprint density at radius 3 is 2.53 bits per heavy atom. The van der Waals surface area contributed by atoms with Crippen LogP contribution >= 0.6 is 0 Å². The molecule has 1 aromatic heterocycles. The van der Waals surface area contributed by atoms with Crippen molar-refractivity contribution < 1.29 is 0 Å². The molecule has 1 aromatic rings. The van der Waals surface area contributed by atoms with E-state index in [9.17, 15) is 0 Å². The van der Waals surface area contributed by atoms with Gasteiger partial charge in [-0.3, -0.25) is 4.68 Å². The van der Waals surface area contributed by atoms with Gasteiger partial charge in [0.25, 0.3) is 0 Å². The van der Waals surface area contributed by atoms with Gasteiger partial charge < -0.3 is 5.32 Å². The molecule has 0 saturated heterocycles. The van der Waals surface area contributed by atoms with E-state index in [-0.39, 0.29) is 0 Å². The average Bonchev–Trinajstić information content (AvgIpc) is 2.68. The van der Waals surface area contributed by atoms with Crippen LogP contribution in [0.5, 0.6) is 0 Å². The van der Waals surface area contributed by atoms with E-state index in [0.717, 1.165) is 19.4 Å². The molecule has 0 bridgehead atoms. The minimum absolute atomic E-state index is 0.560. The first-order valence-electron chi connectivity index (χ1n) is 6.87. The van der Waals surface area contributed by atoms with Crippen LogP contribution in [0, 0.1) is 5.92 Å². The molecule has 0 amide bonds. The van der Waals surface area contributed by atoms with Crippen molar-refractivity contribution in [3.8, 4) is 0 Å². The minimum atomic E-state index is 0.560. The third kappa shape index (κ3) is 3.84. The molecule has 2 atom stereocenters. The first kappa shape index (κ1) is 14.2. The van der Waals surface area contributed by atoms with Crippen molar-refractivity contribution in [3.63, 3.8) is 0 Å². The van der Waals surface area contributed by atoms with Crippen molar-refractivity contribution in [2.24, 2.45) is 13.0 Å². The molecule has 0 aliphatic carbocycles. The fourth-order valence-corrected chi connectivity index (χ4v) is 2.18. The SMILES string of the molecule is CCNC(Cc1cc(CC)nn1C)C(C)CC. The Kier molecular flexibility index (Phi) is 5.69. The molecule has 1 rings (SSSR count). The zero-order chi connectivity index (χ0) is 12.8. The molecular formula is C14H27N3. The maximum Gasteiger partial charge on any atom is 0.0624 e. The lowest BCUT2D eigenvalue weighted by atomic mass is 9.95. The highest BCUT2D eigenvalue weighted by molar-refractivity contribution is 5.11. The van der Waals surface area contributed by atoms with Gasteiger partial charge in [-0.2, -0.15) is 5.10 Å². The average molecular weight is 237 g/mol. The van der Waals surface area contributed by atoms with Gasteiger partial charge >= 0.3 is 0 Å². The summed E-state index contributed by atoms with van der Waals surface area (Å²) in [6.07, 6.45) is 3.31. The van der Waals surface area contributed by atoms with Crippen LogP contribution in [0.1, 0.15) is 45.5 Å². The van der Waals surface area contributed by atoms with E-state index in [4.69, 9.17) is 0 Å². The van der Waals surface area contributed by atoms with Crippen LogP contribution in [-0.2, 0) is 19.9 Å². The van der Waals surface area contributed by atoms with E-state index >= 15 is 0 Å². The second kappa shape index (κ2) is 6.80. The normalized spacial score (nSPS) is 14.9. The Hall–Kier alpha value is -0.830. The van der Waals surface area contributed by atoms with Crippen molar-refractivity contribution >= 4 is 0 Å². The largest absolute Gasteiger partial charge is 0.314 e. The first-order chi connectivity index (χ1) is 8.12. The number of aryl methyl sites for hydroxylation is 2. The molecule has 0 saturated carbocycles. The van der Waals surface area contributed by atoms with E-state index in [1.54, 1.807) is 0 Å². The Morgan fingerprint density at radius 1 is 1.35 bits per heavy atom. The summed E-state index contributed by atoms with van der Waals surface area (Å²) in [4.78, 5) is 0. The van der Waals surface area contributed by atoms with Crippen LogP contribution in [0.15, 0.2) is 6.07 Å². The Balaban J connectivity index is 2.74. The number of aromatic nitrogens is 2. The molecule has 0 aliphatic rings. The molecule has 1 heterocycles. The van der Waals surface area contributed by atoms with Gasteiger partial charge in [0.1, 0.15) is 0 Å². The van der Waals surface area contributed by atoms with Crippen LogP contribution in [0.25, 0.3) is 0 Å². The molecular weight excluding hydrogens is 210 g/mol. The van der Waals surface area contributed by atoms with Crippen LogP contribution in [-0.4, -0.2) is 22.4 Å². The molecule has 0 spiro atoms. The lowest BCUT2D eigenvalue weighted by Gasteiger charge is -2.23. The van der Waals surface area contributed by atoms with Gasteiger partial charge in [-0.15, -0.1) is 0 Å². The lowest BCUT2D eigenvalue weighted by molar-refractivity contribution is 0.365. The molecule has 98 valence electrons. The Bertz CT molecular complexity index is 330. The van der Waals surface area contributed by atoms with Crippen molar-refractivity contribution in [1.82, 2.24) is 15.1 Å². The number of likely N-dealkylation sites (N-methyl/N-ethyl adjacent to an activating group) is 1. The quantitative estimate of drug-likeness (QED) is 0.790. The molecule has 0 radical (unpaired) electrons. The van der Waals surface area contributed by atoms with Gasteiger partial charge in [-0.05, 0) is 24.9 Å². The van der Waals surface area contributed by atoms with Gasteiger partial charge in [0.15, 0.2) is 0 Å². The summed E-state index contributed by atoms with van der Waals surface area (Å²) in [5.74, 6) is 0.704. The number of nitrogens with zero attached hydrogens (tertiary/aromatic N) is 2. The zero-order valence-electron chi connectivity index (χ0n) is 12.0. The lowest BCUT2D eigenvalue weighted by Crippen LogP contribution is -2.37. The molecule has 3 nitrogen and oxygen atoms in total. The van der Waals surface area contributed by atoms with Crippen LogP contribution in [0.4, 0.5) is 0 Å². The molecule has 3 heteroatoms. The Morgan fingerprint density at radius 2 is 2.06 bits per heavy atom.